The predicted octanol–water partition coefficient (Wildman–Crippen LogP) is 2.07. The highest BCUT2D eigenvalue weighted by Crippen LogP contribution is 2.15. The number of anilines is 1. The molecule has 1 heterocycles. The van der Waals surface area contributed by atoms with E-state index in [-0.39, 0.29) is 0 Å². The average molecular weight is 383 g/mol. The van der Waals surface area contributed by atoms with E-state index in [1.54, 1.807) is 30.3 Å². The number of hydrogen-bond acceptors (Lipinski definition) is 4. The Morgan fingerprint density at radius 2 is 1.67 bits per heavy atom. The zero-order valence-electron chi connectivity index (χ0n) is 14.4. The number of nitrogens with one attached hydrogen (secondary N) is 2. The molecular formula is C19H17N3O4S. The minimum absolute atomic E-state index is 0.443. The fourth-order valence-corrected chi connectivity index (χ4v) is 3.03. The van der Waals surface area contributed by atoms with Crippen LogP contribution < -0.4 is 16.0 Å². The van der Waals surface area contributed by atoms with Gasteiger partial charge in [0.2, 0.25) is 10.0 Å². The molecule has 0 aliphatic rings. The molecule has 0 radical (unpaired) electrons. The molecule has 2 aromatic carbocycles. The lowest BCUT2D eigenvalue weighted by Gasteiger charge is -2.05. The van der Waals surface area contributed by atoms with Gasteiger partial charge in [0.15, 0.2) is 0 Å². The van der Waals surface area contributed by atoms with Crippen LogP contribution in [0.15, 0.2) is 70.4 Å². The lowest BCUT2D eigenvalue weighted by molar-refractivity contribution is 0.607. The molecule has 7 nitrogen and oxygen atoms in total. The van der Waals surface area contributed by atoms with Gasteiger partial charge in [0, 0.05) is 18.0 Å². The Morgan fingerprint density at radius 3 is 2.33 bits per heavy atom. The third kappa shape index (κ3) is 5.05. The van der Waals surface area contributed by atoms with Gasteiger partial charge in [-0.15, -0.1) is 0 Å². The summed E-state index contributed by atoms with van der Waals surface area (Å²) >= 11 is 0. The van der Waals surface area contributed by atoms with Crippen LogP contribution in [0.2, 0.25) is 0 Å². The van der Waals surface area contributed by atoms with Crippen LogP contribution in [-0.2, 0) is 10.0 Å². The minimum atomic E-state index is -3.30. The molecule has 0 spiro atoms. The van der Waals surface area contributed by atoms with Crippen LogP contribution in [0.4, 0.5) is 5.69 Å². The number of benzene rings is 2. The highest BCUT2D eigenvalue weighted by Gasteiger charge is 2.02. The van der Waals surface area contributed by atoms with Crippen molar-refractivity contribution in [3.05, 3.63) is 92.8 Å². The molecule has 138 valence electrons. The normalized spacial score (nSPS) is 11.6. The zero-order valence-corrected chi connectivity index (χ0v) is 15.2. The summed E-state index contributed by atoms with van der Waals surface area (Å²) in [7, 11) is -3.30. The molecule has 2 N–H and O–H groups in total. The van der Waals surface area contributed by atoms with Crippen molar-refractivity contribution < 1.29 is 8.42 Å². The van der Waals surface area contributed by atoms with Crippen LogP contribution in [0.25, 0.3) is 17.8 Å². The summed E-state index contributed by atoms with van der Waals surface area (Å²) in [6.07, 6.45) is 6.27. The van der Waals surface area contributed by atoms with Gasteiger partial charge in [-0.1, -0.05) is 36.4 Å². The molecule has 3 aromatic rings. The first-order valence-corrected chi connectivity index (χ1v) is 9.88. The van der Waals surface area contributed by atoms with Gasteiger partial charge in [-0.2, -0.15) is 0 Å². The maximum atomic E-state index is 11.9. The lowest BCUT2D eigenvalue weighted by atomic mass is 10.1. The molecular weight excluding hydrogens is 366 g/mol. The smallest absolute Gasteiger partial charge is 0.284 e. The van der Waals surface area contributed by atoms with E-state index in [0.29, 0.717) is 11.4 Å². The van der Waals surface area contributed by atoms with Gasteiger partial charge in [0.1, 0.15) is 0 Å². The van der Waals surface area contributed by atoms with Crippen molar-refractivity contribution in [1.82, 2.24) is 9.55 Å². The summed E-state index contributed by atoms with van der Waals surface area (Å²) < 4.78 is 26.2. The summed E-state index contributed by atoms with van der Waals surface area (Å²) in [6, 6.07) is 15.5. The monoisotopic (exact) mass is 383 g/mol. The molecule has 0 saturated carbocycles. The third-order valence-electron chi connectivity index (χ3n) is 3.65. The molecule has 8 heteroatoms. The van der Waals surface area contributed by atoms with Crippen molar-refractivity contribution in [3.8, 4) is 5.69 Å². The minimum Gasteiger partial charge on any atom is -0.284 e. The van der Waals surface area contributed by atoms with Gasteiger partial charge in [0.05, 0.1) is 11.9 Å². The van der Waals surface area contributed by atoms with Crippen molar-refractivity contribution in [2.75, 3.05) is 11.0 Å². The third-order valence-corrected chi connectivity index (χ3v) is 4.26. The van der Waals surface area contributed by atoms with Crippen LogP contribution in [0.1, 0.15) is 11.1 Å². The van der Waals surface area contributed by atoms with E-state index in [4.69, 9.17) is 0 Å². The highest BCUT2D eigenvalue weighted by atomic mass is 32.2. The first kappa shape index (κ1) is 18.4. The zero-order chi connectivity index (χ0) is 19.4. The topological polar surface area (TPSA) is 101 Å². The molecule has 0 aliphatic carbocycles. The number of aromatic nitrogens is 2. The van der Waals surface area contributed by atoms with E-state index in [1.807, 2.05) is 30.4 Å². The van der Waals surface area contributed by atoms with Crippen molar-refractivity contribution in [2.45, 2.75) is 0 Å². The van der Waals surface area contributed by atoms with Gasteiger partial charge in [0.25, 0.3) is 5.56 Å². The Balaban J connectivity index is 1.82. The number of aromatic amines is 1. The standard InChI is InChI=1S/C19H17N3O4S/c1-27(25,26)21-16-9-7-14(8-10-16)5-6-15-3-2-4-17(13-15)22-12-11-18(23)20-19(22)24/h2-13,21H,1H3,(H,20,23,24)/b6-5+. The van der Waals surface area contributed by atoms with Gasteiger partial charge >= 0.3 is 5.69 Å². The van der Waals surface area contributed by atoms with Crippen LogP contribution in [0, 0.1) is 0 Å². The maximum absolute atomic E-state index is 11.9. The lowest BCUT2D eigenvalue weighted by Crippen LogP contribution is -2.27. The fourth-order valence-electron chi connectivity index (χ4n) is 2.47. The number of sulfonamides is 1. The van der Waals surface area contributed by atoms with E-state index < -0.39 is 21.3 Å². The molecule has 0 atom stereocenters. The van der Waals surface area contributed by atoms with Crippen LogP contribution in [0.3, 0.4) is 0 Å². The second kappa shape index (κ2) is 7.46. The number of H-pyrrole nitrogens is 1. The second-order valence-electron chi connectivity index (χ2n) is 5.90. The summed E-state index contributed by atoms with van der Waals surface area (Å²) in [5.41, 5.74) is 1.93. The van der Waals surface area contributed by atoms with E-state index >= 15 is 0 Å². The molecule has 0 unspecified atom stereocenters. The van der Waals surface area contributed by atoms with Crippen LogP contribution in [0.5, 0.6) is 0 Å². The number of rotatable bonds is 5. The van der Waals surface area contributed by atoms with Gasteiger partial charge in [-0.05, 0) is 35.4 Å². The van der Waals surface area contributed by atoms with Crippen molar-refractivity contribution in [1.29, 1.82) is 0 Å². The molecule has 0 amide bonds. The van der Waals surface area contributed by atoms with Crippen molar-refractivity contribution in [3.63, 3.8) is 0 Å². The maximum Gasteiger partial charge on any atom is 0.332 e. The molecule has 0 fully saturated rings. The number of nitrogens with zero attached hydrogens (tertiary/aromatic N) is 1. The van der Waals surface area contributed by atoms with Crippen LogP contribution in [-0.4, -0.2) is 24.2 Å². The van der Waals surface area contributed by atoms with Gasteiger partial charge < -0.3 is 0 Å². The van der Waals surface area contributed by atoms with E-state index in [9.17, 15) is 18.0 Å². The molecule has 0 bridgehead atoms. The fraction of sp³-hybridized carbons (Fsp3) is 0.0526. The molecule has 0 saturated heterocycles. The Kier molecular flexibility index (Phi) is 5.09. The van der Waals surface area contributed by atoms with Gasteiger partial charge in [-0.3, -0.25) is 19.1 Å². The summed E-state index contributed by atoms with van der Waals surface area (Å²) in [6.45, 7) is 0. The Labute approximate surface area is 155 Å². The van der Waals surface area contributed by atoms with E-state index in [0.717, 1.165) is 17.4 Å². The van der Waals surface area contributed by atoms with Crippen molar-refractivity contribution >= 4 is 27.9 Å². The molecule has 1 aromatic heterocycles. The van der Waals surface area contributed by atoms with E-state index in [2.05, 4.69) is 9.71 Å². The Bertz CT molecular complexity index is 1210. The molecule has 3 rings (SSSR count). The van der Waals surface area contributed by atoms with Crippen molar-refractivity contribution in [2.24, 2.45) is 0 Å². The average Bonchev–Trinajstić information content (AvgIpc) is 2.60. The number of hydrogen-bond donors (Lipinski definition) is 2. The first-order valence-electron chi connectivity index (χ1n) is 7.98. The summed E-state index contributed by atoms with van der Waals surface area (Å²) in [4.78, 5) is 25.3. The Morgan fingerprint density at radius 1 is 0.963 bits per heavy atom. The summed E-state index contributed by atoms with van der Waals surface area (Å²) in [5.74, 6) is 0. The van der Waals surface area contributed by atoms with Crippen LogP contribution >= 0.6 is 0 Å². The summed E-state index contributed by atoms with van der Waals surface area (Å²) in [5, 5.41) is 0. The first-order chi connectivity index (χ1) is 12.8. The second-order valence-corrected chi connectivity index (χ2v) is 7.65. The molecule has 0 aliphatic heterocycles. The van der Waals surface area contributed by atoms with E-state index in [1.165, 1.54) is 16.8 Å². The quantitative estimate of drug-likeness (QED) is 0.659. The Hall–Kier alpha value is -3.39. The van der Waals surface area contributed by atoms with Gasteiger partial charge in [-0.25, -0.2) is 13.2 Å². The molecule has 27 heavy (non-hydrogen) atoms. The largest absolute Gasteiger partial charge is 0.332 e. The SMILES string of the molecule is CS(=O)(=O)Nc1ccc(/C=C/c2cccc(-n3ccc(=O)[nH]c3=O)c2)cc1. The predicted molar refractivity (Wildman–Crippen MR) is 106 cm³/mol. The highest BCUT2D eigenvalue weighted by molar-refractivity contribution is 7.92.